The maximum Gasteiger partial charge on any atom is 0.225 e. The molecular formula is C25H27FN4O2. The number of nitrogens with zero attached hydrogens (tertiary/aromatic N) is 4. The summed E-state index contributed by atoms with van der Waals surface area (Å²) in [7, 11) is 1.63. The average Bonchev–Trinajstić information content (AvgIpc) is 3.38. The number of rotatable bonds is 6. The molecule has 5 rings (SSSR count). The zero-order valence-electron chi connectivity index (χ0n) is 18.4. The van der Waals surface area contributed by atoms with Gasteiger partial charge in [-0.25, -0.2) is 4.39 Å². The lowest BCUT2D eigenvalue weighted by atomic mass is 10.0. The van der Waals surface area contributed by atoms with Gasteiger partial charge in [-0.3, -0.25) is 4.79 Å². The molecule has 2 heterocycles. The zero-order chi connectivity index (χ0) is 22.2. The minimum atomic E-state index is -0.340. The molecule has 1 saturated carbocycles. The molecule has 0 spiro atoms. The van der Waals surface area contributed by atoms with Crippen LogP contribution in [0.4, 0.5) is 4.39 Å². The second kappa shape index (κ2) is 8.37. The molecule has 0 radical (unpaired) electrons. The molecule has 0 unspecified atom stereocenters. The van der Waals surface area contributed by atoms with Crippen molar-refractivity contribution >= 4 is 5.91 Å². The van der Waals surface area contributed by atoms with Gasteiger partial charge in [-0.1, -0.05) is 18.2 Å². The molecule has 2 aromatic carbocycles. The number of carbonyl (C=O) groups excluding carboxylic acids is 1. The number of benzene rings is 2. The minimum Gasteiger partial charge on any atom is -0.496 e. The van der Waals surface area contributed by atoms with Gasteiger partial charge in [0.25, 0.3) is 0 Å². The van der Waals surface area contributed by atoms with Gasteiger partial charge >= 0.3 is 0 Å². The summed E-state index contributed by atoms with van der Waals surface area (Å²) in [6.07, 6.45) is 4.66. The highest BCUT2D eigenvalue weighted by Gasteiger charge is 2.36. The summed E-state index contributed by atoms with van der Waals surface area (Å²) in [5.74, 6) is 1.83. The monoisotopic (exact) mass is 434 g/mol. The van der Waals surface area contributed by atoms with Crippen molar-refractivity contribution in [2.45, 2.75) is 32.7 Å². The van der Waals surface area contributed by atoms with E-state index in [-0.39, 0.29) is 11.7 Å². The predicted octanol–water partition coefficient (Wildman–Crippen LogP) is 4.33. The van der Waals surface area contributed by atoms with Crippen LogP contribution in [0.1, 0.15) is 24.8 Å². The molecular weight excluding hydrogens is 407 g/mol. The number of ether oxygens (including phenoxy) is 1. The minimum absolute atomic E-state index is 0.250. The number of halogens is 1. The summed E-state index contributed by atoms with van der Waals surface area (Å²) in [5, 5.41) is 8.23. The second-order valence-corrected chi connectivity index (χ2v) is 8.90. The van der Waals surface area contributed by atoms with Crippen molar-refractivity contribution in [2.24, 2.45) is 11.8 Å². The third-order valence-corrected chi connectivity index (χ3v) is 6.55. The first-order valence-electron chi connectivity index (χ1n) is 11.1. The van der Waals surface area contributed by atoms with Crippen molar-refractivity contribution < 1.29 is 13.9 Å². The Morgan fingerprint density at radius 1 is 1.16 bits per heavy atom. The Kier molecular flexibility index (Phi) is 5.41. The van der Waals surface area contributed by atoms with Crippen LogP contribution in [-0.2, 0) is 11.3 Å². The van der Waals surface area contributed by atoms with Crippen LogP contribution in [0, 0.1) is 24.6 Å². The van der Waals surface area contributed by atoms with Gasteiger partial charge < -0.3 is 14.2 Å². The molecule has 0 N–H and O–H groups in total. The van der Waals surface area contributed by atoms with Gasteiger partial charge in [-0.2, -0.15) is 0 Å². The molecule has 1 aromatic heterocycles. The lowest BCUT2D eigenvalue weighted by Crippen LogP contribution is -2.30. The summed E-state index contributed by atoms with van der Waals surface area (Å²) in [4.78, 5) is 14.3. The van der Waals surface area contributed by atoms with Crippen LogP contribution in [0.15, 0.2) is 42.7 Å². The number of hydrogen-bond acceptors (Lipinski definition) is 4. The Bertz CT molecular complexity index is 1150. The summed E-state index contributed by atoms with van der Waals surface area (Å²) in [6, 6.07) is 11.0. The first kappa shape index (κ1) is 20.7. The topological polar surface area (TPSA) is 60.3 Å². The second-order valence-electron chi connectivity index (χ2n) is 8.90. The van der Waals surface area contributed by atoms with Crippen LogP contribution in [-0.4, -0.2) is 45.8 Å². The van der Waals surface area contributed by atoms with Crippen LogP contribution in [0.3, 0.4) is 0 Å². The van der Waals surface area contributed by atoms with Crippen LogP contribution in [0.25, 0.3) is 22.5 Å². The molecule has 0 bridgehead atoms. The highest BCUT2D eigenvalue weighted by atomic mass is 19.1. The van der Waals surface area contributed by atoms with Crippen LogP contribution >= 0.6 is 0 Å². The number of likely N-dealkylation sites (tertiary alicyclic amines) is 1. The van der Waals surface area contributed by atoms with E-state index in [0.717, 1.165) is 54.8 Å². The molecule has 2 fully saturated rings. The Morgan fingerprint density at radius 2 is 1.94 bits per heavy atom. The number of hydrogen-bond donors (Lipinski definition) is 0. The molecule has 7 heteroatoms. The van der Waals surface area contributed by atoms with E-state index in [4.69, 9.17) is 4.74 Å². The fraction of sp³-hybridized carbons (Fsp3) is 0.400. The van der Waals surface area contributed by atoms with Crippen molar-refractivity contribution in [1.82, 2.24) is 19.7 Å². The molecule has 1 amide bonds. The Balaban J connectivity index is 1.34. The maximum absolute atomic E-state index is 15.2. The van der Waals surface area contributed by atoms with Gasteiger partial charge in [0.05, 0.1) is 12.7 Å². The summed E-state index contributed by atoms with van der Waals surface area (Å²) in [6.45, 7) is 4.21. The molecule has 2 aliphatic rings. The molecule has 1 atom stereocenters. The van der Waals surface area contributed by atoms with Gasteiger partial charge in [-0.05, 0) is 67.0 Å². The van der Waals surface area contributed by atoms with Gasteiger partial charge in [0.2, 0.25) is 5.91 Å². The molecule has 1 aliphatic heterocycles. The molecule has 166 valence electrons. The third kappa shape index (κ3) is 3.99. The first-order valence-corrected chi connectivity index (χ1v) is 11.1. The highest BCUT2D eigenvalue weighted by molar-refractivity contribution is 5.81. The third-order valence-electron chi connectivity index (χ3n) is 6.55. The largest absolute Gasteiger partial charge is 0.496 e. The van der Waals surface area contributed by atoms with Crippen molar-refractivity contribution in [3.63, 3.8) is 0 Å². The van der Waals surface area contributed by atoms with Crippen molar-refractivity contribution in [1.29, 1.82) is 0 Å². The van der Waals surface area contributed by atoms with Crippen molar-refractivity contribution in [3.05, 3.63) is 54.1 Å². The number of aryl methyl sites for hydroxylation is 1. The molecule has 1 saturated heterocycles. The Hall–Kier alpha value is -3.22. The number of aromatic nitrogens is 3. The fourth-order valence-corrected chi connectivity index (χ4v) is 4.52. The standard InChI is InChI=1S/C25H27FN4O2/c1-16-3-4-20(12-23(16)32-2)19-7-8-21(22(26)11-19)24-28-27-15-30(24)14-17-9-10-29(13-17)25(31)18-5-6-18/h3-4,7-8,11-12,15,17-18H,5-6,9-10,13-14H2,1-2H3/t17-/m0/s1. The first-order chi connectivity index (χ1) is 15.5. The van der Waals surface area contributed by atoms with E-state index < -0.39 is 0 Å². The van der Waals surface area contributed by atoms with Crippen LogP contribution in [0.2, 0.25) is 0 Å². The molecule has 32 heavy (non-hydrogen) atoms. The number of carbonyl (C=O) groups is 1. The van der Waals surface area contributed by atoms with Crippen LogP contribution in [0.5, 0.6) is 5.75 Å². The molecule has 3 aromatic rings. The van der Waals surface area contributed by atoms with E-state index >= 15 is 4.39 Å². The Morgan fingerprint density at radius 3 is 2.69 bits per heavy atom. The van der Waals surface area contributed by atoms with Gasteiger partial charge in [0.1, 0.15) is 17.9 Å². The average molecular weight is 435 g/mol. The van der Waals surface area contributed by atoms with Crippen molar-refractivity contribution in [2.75, 3.05) is 20.2 Å². The van der Waals surface area contributed by atoms with Crippen LogP contribution < -0.4 is 4.74 Å². The summed E-state index contributed by atoms with van der Waals surface area (Å²) in [5.41, 5.74) is 3.13. The van der Waals surface area contributed by atoms with E-state index in [0.29, 0.717) is 29.8 Å². The van der Waals surface area contributed by atoms with Crippen molar-refractivity contribution in [3.8, 4) is 28.3 Å². The SMILES string of the molecule is COc1cc(-c2ccc(-c3nncn3C[C@H]3CCN(C(=O)C4CC4)C3)c(F)c2)ccc1C. The van der Waals surface area contributed by atoms with E-state index in [1.54, 1.807) is 19.5 Å². The Labute approximate surface area is 187 Å². The molecule has 6 nitrogen and oxygen atoms in total. The van der Waals surface area contributed by atoms with E-state index in [1.165, 1.54) is 6.07 Å². The lowest BCUT2D eigenvalue weighted by molar-refractivity contribution is -0.131. The predicted molar refractivity (Wildman–Crippen MR) is 120 cm³/mol. The van der Waals surface area contributed by atoms with Gasteiger partial charge in [-0.15, -0.1) is 10.2 Å². The number of methoxy groups -OCH3 is 1. The maximum atomic E-state index is 15.2. The number of amides is 1. The molecule has 1 aliphatic carbocycles. The lowest BCUT2D eigenvalue weighted by Gasteiger charge is -2.17. The normalized spacial score (nSPS) is 18.2. The quantitative estimate of drug-likeness (QED) is 0.580. The van der Waals surface area contributed by atoms with E-state index in [1.807, 2.05) is 40.7 Å². The summed E-state index contributed by atoms with van der Waals surface area (Å²) >= 11 is 0. The van der Waals surface area contributed by atoms with Gasteiger partial charge in [0.15, 0.2) is 5.82 Å². The summed E-state index contributed by atoms with van der Waals surface area (Å²) < 4.78 is 22.5. The van der Waals surface area contributed by atoms with Gasteiger partial charge in [0, 0.05) is 25.6 Å². The highest BCUT2D eigenvalue weighted by Crippen LogP contribution is 2.34. The van der Waals surface area contributed by atoms with E-state index in [9.17, 15) is 4.79 Å². The smallest absolute Gasteiger partial charge is 0.225 e. The van der Waals surface area contributed by atoms with E-state index in [2.05, 4.69) is 10.2 Å². The fourth-order valence-electron chi connectivity index (χ4n) is 4.52. The zero-order valence-corrected chi connectivity index (χ0v) is 18.4.